The van der Waals surface area contributed by atoms with E-state index < -0.39 is 23.5 Å². The predicted octanol–water partition coefficient (Wildman–Crippen LogP) is 3.49. The van der Waals surface area contributed by atoms with Crippen molar-refractivity contribution in [2.45, 2.75) is 6.18 Å². The Balaban J connectivity index is 1.75. The molecule has 1 aromatic carbocycles. The zero-order valence-electron chi connectivity index (χ0n) is 14.3. The number of carbonyl (C=O) groups is 1. The molecule has 0 atom stereocenters. The predicted molar refractivity (Wildman–Crippen MR) is 92.7 cm³/mol. The number of hydrogen-bond acceptors (Lipinski definition) is 4. The summed E-state index contributed by atoms with van der Waals surface area (Å²) < 4.78 is 55.6. The molecule has 0 aliphatic carbocycles. The first kappa shape index (κ1) is 20.2. The van der Waals surface area contributed by atoms with E-state index in [0.29, 0.717) is 5.56 Å². The third-order valence-electron chi connectivity index (χ3n) is 3.42. The van der Waals surface area contributed by atoms with Gasteiger partial charge in [0.2, 0.25) is 5.91 Å². The maximum Gasteiger partial charge on any atom is 0.417 e. The third kappa shape index (κ3) is 6.28. The summed E-state index contributed by atoms with van der Waals surface area (Å²) in [5, 5.41) is 5.37. The molecular formula is C18H17F4N3O2. The van der Waals surface area contributed by atoms with Gasteiger partial charge in [0.1, 0.15) is 5.82 Å². The second-order valence-electron chi connectivity index (χ2n) is 5.37. The van der Waals surface area contributed by atoms with Crippen molar-refractivity contribution in [2.24, 2.45) is 0 Å². The van der Waals surface area contributed by atoms with E-state index >= 15 is 0 Å². The zero-order chi connectivity index (χ0) is 19.9. The number of rotatable bonds is 7. The second-order valence-corrected chi connectivity index (χ2v) is 5.37. The average molecular weight is 383 g/mol. The van der Waals surface area contributed by atoms with Crippen LogP contribution in [-0.4, -0.2) is 31.1 Å². The normalized spacial score (nSPS) is 11.4. The van der Waals surface area contributed by atoms with Crippen LogP contribution in [0.5, 0.6) is 5.75 Å². The Bertz CT molecular complexity index is 805. The van der Waals surface area contributed by atoms with Crippen molar-refractivity contribution in [3.63, 3.8) is 0 Å². The van der Waals surface area contributed by atoms with Crippen LogP contribution in [0, 0.1) is 5.82 Å². The Kier molecular flexibility index (Phi) is 6.75. The molecule has 1 heterocycles. The van der Waals surface area contributed by atoms with E-state index in [4.69, 9.17) is 4.74 Å². The lowest BCUT2D eigenvalue weighted by atomic mass is 10.2. The van der Waals surface area contributed by atoms with E-state index in [1.165, 1.54) is 37.5 Å². The summed E-state index contributed by atoms with van der Waals surface area (Å²) in [4.78, 5) is 15.4. The molecule has 0 fully saturated rings. The van der Waals surface area contributed by atoms with Gasteiger partial charge in [0, 0.05) is 25.4 Å². The number of ether oxygens (including phenoxy) is 1. The first-order valence-corrected chi connectivity index (χ1v) is 7.86. The fourth-order valence-corrected chi connectivity index (χ4v) is 2.06. The van der Waals surface area contributed by atoms with Crippen LogP contribution in [0.4, 0.5) is 23.4 Å². The molecule has 1 amide bonds. The lowest BCUT2D eigenvalue weighted by Crippen LogP contribution is -2.27. The van der Waals surface area contributed by atoms with Crippen molar-refractivity contribution < 1.29 is 27.1 Å². The molecule has 0 saturated carbocycles. The van der Waals surface area contributed by atoms with Crippen molar-refractivity contribution in [1.82, 2.24) is 10.3 Å². The van der Waals surface area contributed by atoms with Gasteiger partial charge in [0.25, 0.3) is 0 Å². The van der Waals surface area contributed by atoms with E-state index in [0.717, 1.165) is 12.3 Å². The van der Waals surface area contributed by atoms with E-state index in [1.807, 2.05) is 0 Å². The van der Waals surface area contributed by atoms with Crippen molar-refractivity contribution in [1.29, 1.82) is 0 Å². The summed E-state index contributed by atoms with van der Waals surface area (Å²) >= 11 is 0. The molecule has 9 heteroatoms. The number of methoxy groups -OCH3 is 1. The number of hydrogen-bond donors (Lipinski definition) is 2. The number of aromatic nitrogens is 1. The Morgan fingerprint density at radius 3 is 2.59 bits per heavy atom. The van der Waals surface area contributed by atoms with Crippen molar-refractivity contribution >= 4 is 17.8 Å². The van der Waals surface area contributed by atoms with Crippen LogP contribution in [0.2, 0.25) is 0 Å². The maximum atomic E-state index is 13.5. The highest BCUT2D eigenvalue weighted by Crippen LogP contribution is 2.28. The Morgan fingerprint density at radius 1 is 1.22 bits per heavy atom. The molecule has 144 valence electrons. The van der Waals surface area contributed by atoms with Gasteiger partial charge in [-0.3, -0.25) is 4.79 Å². The highest BCUT2D eigenvalue weighted by atomic mass is 19.4. The lowest BCUT2D eigenvalue weighted by Gasteiger charge is -2.08. The maximum absolute atomic E-state index is 13.5. The zero-order valence-corrected chi connectivity index (χ0v) is 14.3. The first-order chi connectivity index (χ1) is 12.8. The molecule has 0 bridgehead atoms. The van der Waals surface area contributed by atoms with Gasteiger partial charge in [0.05, 0.1) is 12.7 Å². The van der Waals surface area contributed by atoms with Gasteiger partial charge in [-0.2, -0.15) is 13.2 Å². The highest BCUT2D eigenvalue weighted by Gasteiger charge is 2.30. The molecule has 0 unspecified atom stereocenters. The minimum absolute atomic E-state index is 0.111. The summed E-state index contributed by atoms with van der Waals surface area (Å²) in [6.07, 6.45) is -1.00. The number of benzene rings is 1. The standard InChI is InChI=1S/C18H17F4N3O2/c1-27-15-5-2-12(10-14(15)19)3-7-17(26)24-9-8-23-16-6-4-13(11-25-16)18(20,21)22/h2-7,10-11H,8-9H2,1H3,(H,23,25)(H,24,26)/b7-3+. The minimum Gasteiger partial charge on any atom is -0.494 e. The van der Waals surface area contributed by atoms with Crippen LogP contribution in [0.15, 0.2) is 42.6 Å². The summed E-state index contributed by atoms with van der Waals surface area (Å²) in [5.41, 5.74) is -0.336. The Morgan fingerprint density at radius 2 is 2.00 bits per heavy atom. The summed E-state index contributed by atoms with van der Waals surface area (Å²) in [6, 6.07) is 6.42. The molecular weight excluding hydrogens is 366 g/mol. The molecule has 0 aliphatic heterocycles. The minimum atomic E-state index is -4.43. The topological polar surface area (TPSA) is 63.2 Å². The summed E-state index contributed by atoms with van der Waals surface area (Å²) in [5.74, 6) is -0.553. The Hall–Kier alpha value is -3.10. The fourth-order valence-electron chi connectivity index (χ4n) is 2.06. The van der Waals surface area contributed by atoms with E-state index in [1.54, 1.807) is 6.07 Å². The van der Waals surface area contributed by atoms with Crippen molar-refractivity contribution in [2.75, 3.05) is 25.5 Å². The van der Waals surface area contributed by atoms with Gasteiger partial charge in [-0.1, -0.05) is 6.07 Å². The van der Waals surface area contributed by atoms with E-state index in [9.17, 15) is 22.4 Å². The molecule has 2 N–H and O–H groups in total. The van der Waals surface area contributed by atoms with Crippen LogP contribution in [0.25, 0.3) is 6.08 Å². The SMILES string of the molecule is COc1ccc(/C=C/C(=O)NCCNc2ccc(C(F)(F)F)cn2)cc1F. The molecule has 0 saturated heterocycles. The van der Waals surface area contributed by atoms with Crippen LogP contribution in [0.3, 0.4) is 0 Å². The number of alkyl halides is 3. The van der Waals surface area contributed by atoms with Crippen molar-refractivity contribution in [3.8, 4) is 5.75 Å². The number of nitrogens with one attached hydrogen (secondary N) is 2. The number of halogens is 4. The lowest BCUT2D eigenvalue weighted by molar-refractivity contribution is -0.137. The fraction of sp³-hybridized carbons (Fsp3) is 0.222. The summed E-state index contributed by atoms with van der Waals surface area (Å²) in [7, 11) is 1.36. The Labute approximate surface area is 153 Å². The van der Waals surface area contributed by atoms with Gasteiger partial charge in [-0.05, 0) is 35.9 Å². The van der Waals surface area contributed by atoms with Crippen LogP contribution >= 0.6 is 0 Å². The number of pyridine rings is 1. The molecule has 5 nitrogen and oxygen atoms in total. The number of carbonyl (C=O) groups excluding carboxylic acids is 1. The molecule has 0 radical (unpaired) electrons. The van der Waals surface area contributed by atoms with Crippen LogP contribution in [0.1, 0.15) is 11.1 Å². The number of amides is 1. The number of anilines is 1. The first-order valence-electron chi connectivity index (χ1n) is 7.86. The van der Waals surface area contributed by atoms with Gasteiger partial charge in [0.15, 0.2) is 11.6 Å². The molecule has 2 aromatic rings. The van der Waals surface area contributed by atoms with Gasteiger partial charge in [-0.15, -0.1) is 0 Å². The average Bonchev–Trinajstić information content (AvgIpc) is 2.63. The van der Waals surface area contributed by atoms with Gasteiger partial charge < -0.3 is 15.4 Å². The third-order valence-corrected chi connectivity index (χ3v) is 3.42. The van der Waals surface area contributed by atoms with Gasteiger partial charge in [-0.25, -0.2) is 9.37 Å². The molecule has 0 aliphatic rings. The highest BCUT2D eigenvalue weighted by molar-refractivity contribution is 5.91. The summed E-state index contributed by atoms with van der Waals surface area (Å²) in [6.45, 7) is 0.498. The van der Waals surface area contributed by atoms with Crippen LogP contribution in [-0.2, 0) is 11.0 Å². The largest absolute Gasteiger partial charge is 0.494 e. The smallest absolute Gasteiger partial charge is 0.417 e. The second kappa shape index (κ2) is 9.02. The molecule has 2 rings (SSSR count). The molecule has 1 aromatic heterocycles. The van der Waals surface area contributed by atoms with E-state index in [2.05, 4.69) is 15.6 Å². The monoisotopic (exact) mass is 383 g/mol. The van der Waals surface area contributed by atoms with Gasteiger partial charge >= 0.3 is 6.18 Å². The number of nitrogens with zero attached hydrogens (tertiary/aromatic N) is 1. The van der Waals surface area contributed by atoms with E-state index in [-0.39, 0.29) is 24.7 Å². The molecule has 0 spiro atoms. The molecule has 27 heavy (non-hydrogen) atoms. The van der Waals surface area contributed by atoms with Crippen molar-refractivity contribution in [3.05, 3.63) is 59.5 Å². The van der Waals surface area contributed by atoms with Crippen LogP contribution < -0.4 is 15.4 Å². The quantitative estimate of drug-likeness (QED) is 0.437.